The van der Waals surface area contributed by atoms with E-state index in [9.17, 15) is 14.7 Å². The van der Waals surface area contributed by atoms with Crippen LogP contribution in [0.4, 0.5) is 0 Å². The van der Waals surface area contributed by atoms with Crippen LogP contribution >= 0.6 is 35.6 Å². The lowest BCUT2D eigenvalue weighted by molar-refractivity contribution is -0.145. The van der Waals surface area contributed by atoms with E-state index in [2.05, 4.69) is 0 Å². The first kappa shape index (κ1) is 23.0. The second-order valence-electron chi connectivity index (χ2n) is 7.16. The molecule has 8 heteroatoms. The monoisotopic (exact) mass is 495 g/mol. The van der Waals surface area contributed by atoms with Crippen molar-refractivity contribution in [2.24, 2.45) is 0 Å². The highest BCUT2D eigenvalue weighted by molar-refractivity contribution is 8.26. The molecule has 1 fully saturated rings. The smallest absolute Gasteiger partial charge is 0.331 e. The average Bonchev–Trinajstić information content (AvgIpc) is 3.08. The molecular formula is C25H18ClNO4S2. The number of carbonyl (C=O) groups is 2. The predicted octanol–water partition coefficient (Wildman–Crippen LogP) is 5.95. The van der Waals surface area contributed by atoms with Gasteiger partial charge in [0.2, 0.25) is 0 Å². The summed E-state index contributed by atoms with van der Waals surface area (Å²) in [6.07, 6.45) is 1.68. The number of rotatable bonds is 7. The highest BCUT2D eigenvalue weighted by Gasteiger charge is 2.41. The second-order valence-corrected chi connectivity index (χ2v) is 9.27. The maximum Gasteiger partial charge on any atom is 0.331 e. The van der Waals surface area contributed by atoms with Gasteiger partial charge in [0.05, 0.1) is 4.91 Å². The quantitative estimate of drug-likeness (QED) is 0.323. The molecule has 1 N–H and O–H groups in total. The molecule has 3 aromatic rings. The molecule has 0 unspecified atom stereocenters. The van der Waals surface area contributed by atoms with Crippen LogP contribution in [-0.4, -0.2) is 26.2 Å². The zero-order valence-corrected chi connectivity index (χ0v) is 19.6. The minimum absolute atomic E-state index is 0.196. The van der Waals surface area contributed by atoms with Gasteiger partial charge in [-0.05, 0) is 35.4 Å². The van der Waals surface area contributed by atoms with Crippen LogP contribution in [-0.2, 0) is 16.2 Å². The first-order chi connectivity index (χ1) is 15.9. The molecule has 1 atom stereocenters. The van der Waals surface area contributed by atoms with Gasteiger partial charge in [-0.2, -0.15) is 0 Å². The summed E-state index contributed by atoms with van der Waals surface area (Å²) in [5.41, 5.74) is 2.13. The van der Waals surface area contributed by atoms with Crippen molar-refractivity contribution in [1.82, 2.24) is 4.90 Å². The molecule has 4 rings (SSSR count). The number of carboxylic acids is 1. The number of aliphatic carboxylic acids is 1. The fraction of sp³-hybridized carbons (Fsp3) is 0.0800. The fourth-order valence-electron chi connectivity index (χ4n) is 3.35. The molecule has 1 aliphatic heterocycles. The van der Waals surface area contributed by atoms with E-state index < -0.39 is 17.9 Å². The maximum atomic E-state index is 13.2. The standard InChI is InChI=1S/C25H18ClNO4S2/c26-19-12-10-16(11-13-19)15-31-20-9-5-4-8-18(20)14-21-23(28)27(25(32)33-21)22(24(29)30)17-6-2-1-3-7-17/h1-14,22H,15H2,(H,29,30)/b21-14+/t22-/m0/s1. The minimum atomic E-state index is -1.19. The lowest BCUT2D eigenvalue weighted by Gasteiger charge is -2.23. The summed E-state index contributed by atoms with van der Waals surface area (Å²) in [6, 6.07) is 22.1. The number of nitrogens with zero attached hydrogens (tertiary/aromatic N) is 1. The number of thiocarbonyl (C=S) groups is 1. The number of amides is 1. The normalized spacial score (nSPS) is 15.7. The van der Waals surface area contributed by atoms with Gasteiger partial charge in [0.1, 0.15) is 16.7 Å². The van der Waals surface area contributed by atoms with Crippen molar-refractivity contribution in [3.05, 3.63) is 105 Å². The fourth-order valence-corrected chi connectivity index (χ4v) is 4.78. The molecule has 5 nitrogen and oxygen atoms in total. The third kappa shape index (κ3) is 5.27. The molecule has 1 aliphatic rings. The van der Waals surface area contributed by atoms with Crippen LogP contribution in [0.3, 0.4) is 0 Å². The molecule has 0 aliphatic carbocycles. The minimum Gasteiger partial charge on any atom is -0.488 e. The molecule has 0 saturated carbocycles. The lowest BCUT2D eigenvalue weighted by atomic mass is 10.1. The number of para-hydroxylation sites is 1. The summed E-state index contributed by atoms with van der Waals surface area (Å²) in [6.45, 7) is 0.331. The first-order valence-corrected chi connectivity index (χ1v) is 11.6. The van der Waals surface area contributed by atoms with E-state index in [-0.39, 0.29) is 4.32 Å². The van der Waals surface area contributed by atoms with Crippen LogP contribution in [0.5, 0.6) is 5.75 Å². The highest BCUT2D eigenvalue weighted by Crippen LogP contribution is 2.39. The number of benzene rings is 3. The first-order valence-electron chi connectivity index (χ1n) is 9.95. The topological polar surface area (TPSA) is 66.8 Å². The second kappa shape index (κ2) is 10.2. The van der Waals surface area contributed by atoms with Crippen LogP contribution < -0.4 is 4.74 Å². The van der Waals surface area contributed by atoms with Gasteiger partial charge in [-0.1, -0.05) is 96.2 Å². The van der Waals surface area contributed by atoms with E-state index in [1.807, 2.05) is 36.4 Å². The van der Waals surface area contributed by atoms with Gasteiger partial charge < -0.3 is 9.84 Å². The largest absolute Gasteiger partial charge is 0.488 e. The van der Waals surface area contributed by atoms with E-state index in [0.717, 1.165) is 22.2 Å². The van der Waals surface area contributed by atoms with Crippen molar-refractivity contribution >= 4 is 57.9 Å². The van der Waals surface area contributed by atoms with Crippen molar-refractivity contribution in [1.29, 1.82) is 0 Å². The molecule has 1 saturated heterocycles. The van der Waals surface area contributed by atoms with Crippen molar-refractivity contribution in [3.8, 4) is 5.75 Å². The van der Waals surface area contributed by atoms with Gasteiger partial charge in [-0.3, -0.25) is 9.69 Å². The Labute approximate surface area is 205 Å². The number of hydrogen-bond donors (Lipinski definition) is 1. The molecule has 0 radical (unpaired) electrons. The summed E-state index contributed by atoms with van der Waals surface area (Å²) in [4.78, 5) is 26.7. The summed E-state index contributed by atoms with van der Waals surface area (Å²) in [5.74, 6) is -1.00. The molecule has 166 valence electrons. The molecule has 0 aromatic heterocycles. The summed E-state index contributed by atoms with van der Waals surface area (Å²) in [5, 5.41) is 10.5. The Morgan fingerprint density at radius 3 is 2.42 bits per heavy atom. The summed E-state index contributed by atoms with van der Waals surface area (Å²) >= 11 is 12.4. The SMILES string of the molecule is O=C(O)[C@H](c1ccccc1)N1C(=O)/C(=C\c2ccccc2OCc2ccc(Cl)cc2)SC1=S. The molecule has 1 heterocycles. The molecule has 0 bridgehead atoms. The molecular weight excluding hydrogens is 478 g/mol. The Bertz CT molecular complexity index is 1230. The van der Waals surface area contributed by atoms with Gasteiger partial charge >= 0.3 is 5.97 Å². The van der Waals surface area contributed by atoms with Crippen molar-refractivity contribution < 1.29 is 19.4 Å². The van der Waals surface area contributed by atoms with Crippen LogP contribution in [0, 0.1) is 0 Å². The van der Waals surface area contributed by atoms with Crippen molar-refractivity contribution in [2.75, 3.05) is 0 Å². The lowest BCUT2D eigenvalue weighted by Crippen LogP contribution is -2.37. The number of thioether (sulfide) groups is 1. The number of halogens is 1. The van der Waals surface area contributed by atoms with Gasteiger partial charge in [0.15, 0.2) is 6.04 Å². The third-order valence-electron chi connectivity index (χ3n) is 4.94. The third-order valence-corrected chi connectivity index (χ3v) is 6.53. The van der Waals surface area contributed by atoms with E-state index >= 15 is 0 Å². The van der Waals surface area contributed by atoms with E-state index in [0.29, 0.717) is 33.4 Å². The van der Waals surface area contributed by atoms with Crippen molar-refractivity contribution in [3.63, 3.8) is 0 Å². The van der Waals surface area contributed by atoms with Crippen molar-refractivity contribution in [2.45, 2.75) is 12.6 Å². The summed E-state index contributed by atoms with van der Waals surface area (Å²) in [7, 11) is 0. The number of carboxylic acid groups (broad SMARTS) is 1. The molecule has 1 amide bonds. The predicted molar refractivity (Wildman–Crippen MR) is 134 cm³/mol. The zero-order chi connectivity index (χ0) is 23.4. The molecule has 3 aromatic carbocycles. The van der Waals surface area contributed by atoms with E-state index in [4.69, 9.17) is 28.6 Å². The van der Waals surface area contributed by atoms with Gasteiger partial charge in [-0.25, -0.2) is 4.79 Å². The van der Waals surface area contributed by atoms with E-state index in [1.165, 1.54) is 0 Å². The maximum absolute atomic E-state index is 13.2. The van der Waals surface area contributed by atoms with Gasteiger partial charge in [-0.15, -0.1) is 0 Å². The Kier molecular flexibility index (Phi) is 7.13. The van der Waals surface area contributed by atoms with E-state index in [1.54, 1.807) is 48.5 Å². The number of hydrogen-bond acceptors (Lipinski definition) is 5. The van der Waals surface area contributed by atoms with Crippen LogP contribution in [0.25, 0.3) is 6.08 Å². The van der Waals surface area contributed by atoms with Crippen LogP contribution in [0.1, 0.15) is 22.7 Å². The molecule has 33 heavy (non-hydrogen) atoms. The Morgan fingerprint density at radius 1 is 1.06 bits per heavy atom. The number of carbonyl (C=O) groups excluding carboxylic acids is 1. The average molecular weight is 496 g/mol. The Hall–Kier alpha value is -3.13. The highest BCUT2D eigenvalue weighted by atomic mass is 35.5. The Balaban J connectivity index is 1.59. The van der Waals surface area contributed by atoms with Crippen LogP contribution in [0.2, 0.25) is 5.02 Å². The Morgan fingerprint density at radius 2 is 1.73 bits per heavy atom. The van der Waals surface area contributed by atoms with Gasteiger partial charge in [0.25, 0.3) is 5.91 Å². The summed E-state index contributed by atoms with van der Waals surface area (Å²) < 4.78 is 6.16. The number of ether oxygens (including phenoxy) is 1. The zero-order valence-electron chi connectivity index (χ0n) is 17.2. The molecule has 0 spiro atoms. The van der Waals surface area contributed by atoms with Gasteiger partial charge in [0, 0.05) is 10.6 Å². The van der Waals surface area contributed by atoms with Crippen LogP contribution in [0.15, 0.2) is 83.8 Å².